The maximum Gasteiger partial charge on any atom is 0.417 e. The normalized spacial score (nSPS) is 22.5. The van der Waals surface area contributed by atoms with Crippen molar-refractivity contribution in [2.24, 2.45) is 0 Å². The molecule has 0 aliphatic carbocycles. The Hall–Kier alpha value is -1.54. The Morgan fingerprint density at radius 2 is 2.24 bits per heavy atom. The van der Waals surface area contributed by atoms with E-state index in [1.165, 1.54) is 12.0 Å². The minimum Gasteiger partial charge on any atom is -0.467 e. The van der Waals surface area contributed by atoms with Gasteiger partial charge in [0.05, 0.1) is 23.8 Å². The number of aliphatic hydroxyl groups is 1. The van der Waals surface area contributed by atoms with Crippen molar-refractivity contribution >= 4 is 23.4 Å². The average Bonchev–Trinajstić information content (AvgIpc) is 2.78. The number of carbonyl (C=O) groups is 1. The standard InChI is InChI=1S/C12H12ClF3N2O3/c1-21-11(20)9-3-7(19)5-18(9)10-8(13)2-6(4-17-10)12(14,15)16/h2,4,7,9,19H,3,5H2,1H3/t7-,9+/m0/s1. The molecule has 0 amide bonds. The number of nitrogens with zero attached hydrogens (tertiary/aromatic N) is 2. The van der Waals surface area contributed by atoms with E-state index in [9.17, 15) is 23.1 Å². The fourth-order valence-electron chi connectivity index (χ4n) is 2.20. The van der Waals surface area contributed by atoms with E-state index >= 15 is 0 Å². The van der Waals surface area contributed by atoms with Crippen LogP contribution >= 0.6 is 11.6 Å². The van der Waals surface area contributed by atoms with Crippen molar-refractivity contribution < 1.29 is 27.8 Å². The van der Waals surface area contributed by atoms with Crippen LogP contribution in [-0.2, 0) is 15.7 Å². The molecule has 1 fully saturated rings. The van der Waals surface area contributed by atoms with E-state index < -0.39 is 29.9 Å². The Bertz CT molecular complexity index is 553. The second kappa shape index (κ2) is 5.69. The Kier molecular flexibility index (Phi) is 4.29. The first kappa shape index (κ1) is 15.8. The summed E-state index contributed by atoms with van der Waals surface area (Å²) in [6, 6.07) is -0.0881. The SMILES string of the molecule is COC(=O)[C@H]1C[C@H](O)CN1c1ncc(C(F)(F)F)cc1Cl. The molecule has 1 N–H and O–H groups in total. The number of rotatable bonds is 2. The van der Waals surface area contributed by atoms with Gasteiger partial charge < -0.3 is 14.7 Å². The molecule has 2 atom stereocenters. The van der Waals surface area contributed by atoms with Crippen molar-refractivity contribution in [2.75, 3.05) is 18.6 Å². The van der Waals surface area contributed by atoms with Crippen molar-refractivity contribution in [1.29, 1.82) is 0 Å². The third kappa shape index (κ3) is 3.21. The molecule has 21 heavy (non-hydrogen) atoms. The van der Waals surface area contributed by atoms with E-state index in [1.54, 1.807) is 0 Å². The number of ether oxygens (including phenoxy) is 1. The molecule has 0 aromatic carbocycles. The highest BCUT2D eigenvalue weighted by Gasteiger charge is 2.39. The number of aromatic nitrogens is 1. The number of alkyl halides is 3. The maximum absolute atomic E-state index is 12.6. The average molecular weight is 325 g/mol. The third-order valence-corrected chi connectivity index (χ3v) is 3.45. The van der Waals surface area contributed by atoms with Gasteiger partial charge in [-0.1, -0.05) is 11.6 Å². The molecule has 1 aromatic heterocycles. The molecular weight excluding hydrogens is 313 g/mol. The highest BCUT2D eigenvalue weighted by atomic mass is 35.5. The molecule has 0 saturated carbocycles. The van der Waals surface area contributed by atoms with Gasteiger partial charge in [-0.25, -0.2) is 9.78 Å². The van der Waals surface area contributed by atoms with E-state index in [-0.39, 0.29) is 23.8 Å². The summed E-state index contributed by atoms with van der Waals surface area (Å²) in [7, 11) is 1.19. The third-order valence-electron chi connectivity index (χ3n) is 3.17. The molecular formula is C12H12ClF3N2O3. The van der Waals surface area contributed by atoms with Crippen LogP contribution in [-0.4, -0.2) is 41.9 Å². The number of halogens is 4. The van der Waals surface area contributed by atoms with Gasteiger partial charge in [-0.2, -0.15) is 13.2 Å². The van der Waals surface area contributed by atoms with Crippen LogP contribution in [0.25, 0.3) is 0 Å². The van der Waals surface area contributed by atoms with E-state index in [0.717, 1.165) is 6.07 Å². The zero-order valence-electron chi connectivity index (χ0n) is 10.9. The zero-order valence-corrected chi connectivity index (χ0v) is 11.6. The lowest BCUT2D eigenvalue weighted by molar-refractivity contribution is -0.142. The predicted octanol–water partition coefficient (Wildman–Crippen LogP) is 1.87. The first-order valence-electron chi connectivity index (χ1n) is 5.99. The van der Waals surface area contributed by atoms with Crippen molar-refractivity contribution in [1.82, 2.24) is 4.98 Å². The van der Waals surface area contributed by atoms with Gasteiger partial charge in [0.2, 0.25) is 0 Å². The molecule has 0 bridgehead atoms. The molecule has 2 heterocycles. The summed E-state index contributed by atoms with van der Waals surface area (Å²) < 4.78 is 42.3. The van der Waals surface area contributed by atoms with Crippen molar-refractivity contribution in [3.63, 3.8) is 0 Å². The highest BCUT2D eigenvalue weighted by Crippen LogP contribution is 2.35. The van der Waals surface area contributed by atoms with Gasteiger partial charge in [0.15, 0.2) is 0 Å². The molecule has 0 unspecified atom stereocenters. The first-order chi connectivity index (χ1) is 9.74. The Morgan fingerprint density at radius 3 is 2.76 bits per heavy atom. The van der Waals surface area contributed by atoms with Crippen LogP contribution in [0.15, 0.2) is 12.3 Å². The largest absolute Gasteiger partial charge is 0.467 e. The molecule has 0 radical (unpaired) electrons. The zero-order chi connectivity index (χ0) is 15.8. The molecule has 1 aliphatic rings. The number of methoxy groups -OCH3 is 1. The molecule has 1 saturated heterocycles. The smallest absolute Gasteiger partial charge is 0.417 e. The summed E-state index contributed by atoms with van der Waals surface area (Å²) >= 11 is 5.84. The molecule has 0 spiro atoms. The van der Waals surface area contributed by atoms with Crippen LogP contribution in [0.2, 0.25) is 5.02 Å². The van der Waals surface area contributed by atoms with Gasteiger partial charge >= 0.3 is 12.1 Å². The van der Waals surface area contributed by atoms with Gasteiger partial charge in [0, 0.05) is 19.2 Å². The number of pyridine rings is 1. The number of aliphatic hydroxyl groups excluding tert-OH is 1. The van der Waals surface area contributed by atoms with E-state index in [2.05, 4.69) is 9.72 Å². The number of β-amino-alcohol motifs (C(OH)–C–C–N with tert-alkyl or cyclic N) is 1. The minimum atomic E-state index is -4.55. The van der Waals surface area contributed by atoms with Crippen LogP contribution < -0.4 is 4.90 Å². The Balaban J connectivity index is 2.34. The molecule has 2 rings (SSSR count). The van der Waals surface area contributed by atoms with Crippen LogP contribution in [0.4, 0.5) is 19.0 Å². The second-order valence-electron chi connectivity index (χ2n) is 4.61. The van der Waals surface area contributed by atoms with Crippen LogP contribution in [0.1, 0.15) is 12.0 Å². The number of carbonyl (C=O) groups excluding carboxylic acids is 1. The summed E-state index contributed by atoms with van der Waals surface area (Å²) in [5.41, 5.74) is -0.981. The summed E-state index contributed by atoms with van der Waals surface area (Å²) in [4.78, 5) is 16.7. The van der Waals surface area contributed by atoms with Crippen LogP contribution in [0.5, 0.6) is 0 Å². The Morgan fingerprint density at radius 1 is 1.57 bits per heavy atom. The lowest BCUT2D eigenvalue weighted by Gasteiger charge is -2.24. The van der Waals surface area contributed by atoms with Crippen LogP contribution in [0.3, 0.4) is 0 Å². The van der Waals surface area contributed by atoms with Gasteiger partial charge in [0.25, 0.3) is 0 Å². The summed E-state index contributed by atoms with van der Waals surface area (Å²) in [6.45, 7) is 0.0395. The van der Waals surface area contributed by atoms with Gasteiger partial charge in [-0.15, -0.1) is 0 Å². The topological polar surface area (TPSA) is 62.7 Å². The number of esters is 1. The van der Waals surface area contributed by atoms with E-state index in [0.29, 0.717) is 6.20 Å². The lowest BCUT2D eigenvalue weighted by atomic mass is 10.2. The van der Waals surface area contributed by atoms with Gasteiger partial charge in [-0.05, 0) is 6.07 Å². The summed E-state index contributed by atoms with van der Waals surface area (Å²) in [5.74, 6) is -0.596. The lowest BCUT2D eigenvalue weighted by Crippen LogP contribution is -2.37. The number of anilines is 1. The molecule has 1 aromatic rings. The van der Waals surface area contributed by atoms with Crippen molar-refractivity contribution in [3.05, 3.63) is 22.8 Å². The number of hydrogen-bond acceptors (Lipinski definition) is 5. The minimum absolute atomic E-state index is 0.0108. The monoisotopic (exact) mass is 324 g/mol. The molecule has 9 heteroatoms. The fourth-order valence-corrected chi connectivity index (χ4v) is 2.48. The molecule has 1 aliphatic heterocycles. The maximum atomic E-state index is 12.6. The fraction of sp³-hybridized carbons (Fsp3) is 0.500. The van der Waals surface area contributed by atoms with Crippen molar-refractivity contribution in [2.45, 2.75) is 24.7 Å². The Labute approximate surface area is 123 Å². The number of hydrogen-bond donors (Lipinski definition) is 1. The van der Waals surface area contributed by atoms with Gasteiger partial charge in [-0.3, -0.25) is 0 Å². The van der Waals surface area contributed by atoms with Gasteiger partial charge in [0.1, 0.15) is 11.9 Å². The quantitative estimate of drug-likeness (QED) is 0.841. The summed E-state index contributed by atoms with van der Waals surface area (Å²) in [5, 5.41) is 9.41. The predicted molar refractivity (Wildman–Crippen MR) is 68.0 cm³/mol. The second-order valence-corrected chi connectivity index (χ2v) is 5.02. The molecule has 5 nitrogen and oxygen atoms in total. The summed E-state index contributed by atoms with van der Waals surface area (Å²) in [6.07, 6.45) is -4.62. The first-order valence-corrected chi connectivity index (χ1v) is 6.37. The highest BCUT2D eigenvalue weighted by molar-refractivity contribution is 6.33. The molecule has 116 valence electrons. The van der Waals surface area contributed by atoms with Crippen molar-refractivity contribution in [3.8, 4) is 0 Å². The van der Waals surface area contributed by atoms with E-state index in [1.807, 2.05) is 0 Å². The van der Waals surface area contributed by atoms with E-state index in [4.69, 9.17) is 11.6 Å². The van der Waals surface area contributed by atoms with Crippen LogP contribution in [0, 0.1) is 0 Å².